The van der Waals surface area contributed by atoms with Crippen LogP contribution in [0.2, 0.25) is 0 Å². The monoisotopic (exact) mass is 386 g/mol. The summed E-state index contributed by atoms with van der Waals surface area (Å²) in [5, 5.41) is 6.34. The second-order valence-corrected chi connectivity index (χ2v) is 8.40. The van der Waals surface area contributed by atoms with E-state index in [-0.39, 0.29) is 12.1 Å². The summed E-state index contributed by atoms with van der Waals surface area (Å²) in [4.78, 5) is 17.6. The van der Waals surface area contributed by atoms with Crippen LogP contribution in [-0.4, -0.2) is 67.7 Å². The van der Waals surface area contributed by atoms with Crippen molar-refractivity contribution in [2.45, 2.75) is 56.7 Å². The van der Waals surface area contributed by atoms with Crippen LogP contribution in [0.4, 0.5) is 4.79 Å². The summed E-state index contributed by atoms with van der Waals surface area (Å²) in [6.07, 6.45) is 7.28. The molecule has 3 aliphatic rings. The number of likely N-dealkylation sites (tertiary alicyclic amines) is 2. The van der Waals surface area contributed by atoms with E-state index in [1.807, 2.05) is 12.1 Å². The Morgan fingerprint density at radius 2 is 1.82 bits per heavy atom. The maximum atomic E-state index is 12.6. The highest BCUT2D eigenvalue weighted by Gasteiger charge is 2.32. The fourth-order valence-corrected chi connectivity index (χ4v) is 4.71. The molecule has 6 heteroatoms. The van der Waals surface area contributed by atoms with E-state index in [1.54, 1.807) is 7.11 Å². The molecule has 1 aromatic carbocycles. The lowest BCUT2D eigenvalue weighted by Gasteiger charge is -2.33. The van der Waals surface area contributed by atoms with Crippen LogP contribution in [0.5, 0.6) is 5.75 Å². The summed E-state index contributed by atoms with van der Waals surface area (Å²) >= 11 is 0. The summed E-state index contributed by atoms with van der Waals surface area (Å²) < 4.78 is 5.59. The minimum atomic E-state index is -0.0380. The minimum absolute atomic E-state index is 0.0380. The lowest BCUT2D eigenvalue weighted by atomic mass is 10.0. The van der Waals surface area contributed by atoms with Crippen molar-refractivity contribution in [2.75, 3.05) is 39.8 Å². The van der Waals surface area contributed by atoms with Crippen molar-refractivity contribution in [3.05, 3.63) is 29.8 Å². The second-order valence-electron chi connectivity index (χ2n) is 8.40. The summed E-state index contributed by atoms with van der Waals surface area (Å²) in [7, 11) is 1.72. The highest BCUT2D eigenvalue weighted by molar-refractivity contribution is 5.74. The zero-order valence-electron chi connectivity index (χ0n) is 17.0. The van der Waals surface area contributed by atoms with E-state index in [4.69, 9.17) is 4.74 Å². The summed E-state index contributed by atoms with van der Waals surface area (Å²) in [6.45, 7) is 4.99. The minimum Gasteiger partial charge on any atom is -0.496 e. The van der Waals surface area contributed by atoms with Gasteiger partial charge < -0.3 is 20.3 Å². The molecule has 1 aliphatic carbocycles. The smallest absolute Gasteiger partial charge is 0.315 e. The first-order chi connectivity index (χ1) is 13.7. The number of amides is 2. The number of carbonyl (C=O) groups is 1. The molecule has 0 radical (unpaired) electrons. The van der Waals surface area contributed by atoms with Crippen LogP contribution in [0.3, 0.4) is 0 Å². The number of methoxy groups -OCH3 is 1. The van der Waals surface area contributed by atoms with Gasteiger partial charge in [-0.3, -0.25) is 4.90 Å². The Labute approximate surface area is 168 Å². The van der Waals surface area contributed by atoms with E-state index in [9.17, 15) is 4.79 Å². The highest BCUT2D eigenvalue weighted by atomic mass is 16.5. The first-order valence-electron chi connectivity index (χ1n) is 10.9. The van der Waals surface area contributed by atoms with Crippen LogP contribution in [-0.2, 0) is 0 Å². The summed E-state index contributed by atoms with van der Waals surface area (Å²) in [6, 6.07) is 9.42. The van der Waals surface area contributed by atoms with Crippen LogP contribution < -0.4 is 15.4 Å². The molecule has 6 nitrogen and oxygen atoms in total. The second kappa shape index (κ2) is 9.14. The number of nitrogens with zero attached hydrogens (tertiary/aromatic N) is 2. The molecule has 2 aliphatic heterocycles. The molecule has 2 amide bonds. The number of piperidine rings is 1. The average molecular weight is 387 g/mol. The third-order valence-corrected chi connectivity index (χ3v) is 6.46. The summed E-state index contributed by atoms with van der Waals surface area (Å²) in [5.41, 5.74) is 1.16. The van der Waals surface area contributed by atoms with Gasteiger partial charge in [-0.1, -0.05) is 18.2 Å². The third kappa shape index (κ3) is 4.78. The van der Waals surface area contributed by atoms with E-state index in [2.05, 4.69) is 32.6 Å². The molecule has 154 valence electrons. The van der Waals surface area contributed by atoms with Crippen molar-refractivity contribution >= 4 is 6.03 Å². The van der Waals surface area contributed by atoms with Gasteiger partial charge in [0.15, 0.2) is 0 Å². The molecular weight excluding hydrogens is 352 g/mol. The zero-order valence-corrected chi connectivity index (χ0v) is 17.0. The van der Waals surface area contributed by atoms with E-state index in [0.29, 0.717) is 12.6 Å². The van der Waals surface area contributed by atoms with Crippen molar-refractivity contribution in [2.24, 2.45) is 0 Å². The number of urea groups is 1. The van der Waals surface area contributed by atoms with Crippen molar-refractivity contribution in [1.29, 1.82) is 0 Å². The predicted octanol–water partition coefficient (Wildman–Crippen LogP) is 2.76. The van der Waals surface area contributed by atoms with Gasteiger partial charge in [-0.25, -0.2) is 4.79 Å². The molecule has 1 saturated carbocycles. The maximum Gasteiger partial charge on any atom is 0.315 e. The van der Waals surface area contributed by atoms with Gasteiger partial charge >= 0.3 is 6.03 Å². The Morgan fingerprint density at radius 1 is 1.11 bits per heavy atom. The van der Waals surface area contributed by atoms with Gasteiger partial charge in [0.25, 0.3) is 0 Å². The van der Waals surface area contributed by atoms with Crippen molar-refractivity contribution in [3.8, 4) is 5.75 Å². The number of benzene rings is 1. The van der Waals surface area contributed by atoms with E-state index in [0.717, 1.165) is 56.4 Å². The Balaban J connectivity index is 1.31. The molecule has 2 N–H and O–H groups in total. The molecule has 1 unspecified atom stereocenters. The fourth-order valence-electron chi connectivity index (χ4n) is 4.71. The number of ether oxygens (including phenoxy) is 1. The highest BCUT2D eigenvalue weighted by Crippen LogP contribution is 2.31. The number of nitrogens with one attached hydrogen (secondary N) is 2. The van der Waals surface area contributed by atoms with E-state index in [1.165, 1.54) is 25.7 Å². The number of hydrogen-bond donors (Lipinski definition) is 2. The lowest BCUT2D eigenvalue weighted by molar-refractivity contribution is 0.183. The molecule has 1 aromatic rings. The summed E-state index contributed by atoms with van der Waals surface area (Å²) in [5.74, 6) is 0.897. The van der Waals surface area contributed by atoms with Gasteiger partial charge in [0.1, 0.15) is 5.75 Å². The van der Waals surface area contributed by atoms with Gasteiger partial charge in [-0.2, -0.15) is 0 Å². The molecular formula is C22H34N4O2. The average Bonchev–Trinajstić information content (AvgIpc) is 3.44. The molecule has 0 bridgehead atoms. The number of rotatable bonds is 7. The Morgan fingerprint density at radius 3 is 2.50 bits per heavy atom. The molecule has 1 atom stereocenters. The normalized spacial score (nSPS) is 22.8. The van der Waals surface area contributed by atoms with E-state index >= 15 is 0 Å². The van der Waals surface area contributed by atoms with Crippen molar-refractivity contribution < 1.29 is 9.53 Å². The molecule has 2 heterocycles. The number of hydrogen-bond acceptors (Lipinski definition) is 4. The first kappa shape index (κ1) is 19.5. The fraction of sp³-hybridized carbons (Fsp3) is 0.682. The molecule has 0 aromatic heterocycles. The van der Waals surface area contributed by atoms with Crippen LogP contribution in [0.25, 0.3) is 0 Å². The Kier molecular flexibility index (Phi) is 6.37. The number of para-hydroxylation sites is 1. The molecule has 0 spiro atoms. The van der Waals surface area contributed by atoms with Gasteiger partial charge in [0.05, 0.1) is 13.2 Å². The van der Waals surface area contributed by atoms with E-state index < -0.39 is 0 Å². The number of carbonyl (C=O) groups excluding carboxylic acids is 1. The largest absolute Gasteiger partial charge is 0.496 e. The molecule has 3 fully saturated rings. The molecule has 4 rings (SSSR count). The SMILES string of the molecule is COc1ccccc1C(CNC(=O)NC1CCN(C2CC2)CC1)N1CCCC1. The van der Waals surface area contributed by atoms with Gasteiger partial charge in [-0.15, -0.1) is 0 Å². The lowest BCUT2D eigenvalue weighted by Crippen LogP contribution is -2.49. The van der Waals surface area contributed by atoms with Crippen molar-refractivity contribution in [1.82, 2.24) is 20.4 Å². The van der Waals surface area contributed by atoms with Crippen molar-refractivity contribution in [3.63, 3.8) is 0 Å². The standard InChI is InChI=1S/C22H34N4O2/c1-28-21-7-3-2-6-19(21)20(26-12-4-5-13-26)16-23-22(27)24-17-10-14-25(15-11-17)18-8-9-18/h2-3,6-7,17-18,20H,4-5,8-16H2,1H3,(H2,23,24,27). The third-order valence-electron chi connectivity index (χ3n) is 6.46. The van der Waals surface area contributed by atoms with Gasteiger partial charge in [0, 0.05) is 37.3 Å². The first-order valence-corrected chi connectivity index (χ1v) is 10.9. The Bertz CT molecular complexity index is 650. The van der Waals surface area contributed by atoms with Gasteiger partial charge in [0.2, 0.25) is 0 Å². The van der Waals surface area contributed by atoms with Crippen LogP contribution in [0, 0.1) is 0 Å². The molecule has 2 saturated heterocycles. The van der Waals surface area contributed by atoms with Crippen LogP contribution in [0.1, 0.15) is 50.1 Å². The topological polar surface area (TPSA) is 56.8 Å². The Hall–Kier alpha value is -1.79. The molecule has 28 heavy (non-hydrogen) atoms. The van der Waals surface area contributed by atoms with Gasteiger partial charge in [-0.05, 0) is 57.7 Å². The van der Waals surface area contributed by atoms with Crippen LogP contribution in [0.15, 0.2) is 24.3 Å². The predicted molar refractivity (Wildman–Crippen MR) is 111 cm³/mol. The quantitative estimate of drug-likeness (QED) is 0.757. The van der Waals surface area contributed by atoms with Crippen LogP contribution >= 0.6 is 0 Å². The zero-order chi connectivity index (χ0) is 19.3. The maximum absolute atomic E-state index is 12.6.